The number of fused-ring (bicyclic) bond motifs is 1. The molecular weight excluding hydrogens is 344 g/mol. The minimum atomic E-state index is -3.19. The summed E-state index contributed by atoms with van der Waals surface area (Å²) in [7, 11) is -3.19. The lowest BCUT2D eigenvalue weighted by Crippen LogP contribution is -2.52. The third-order valence-electron chi connectivity index (χ3n) is 4.41. The summed E-state index contributed by atoms with van der Waals surface area (Å²) >= 11 is 0. The summed E-state index contributed by atoms with van der Waals surface area (Å²) in [6.07, 6.45) is 1.80. The summed E-state index contributed by atoms with van der Waals surface area (Å²) in [6.45, 7) is 4.53. The van der Waals surface area contributed by atoms with E-state index < -0.39 is 10.0 Å². The van der Waals surface area contributed by atoms with Gasteiger partial charge >= 0.3 is 6.03 Å². The van der Waals surface area contributed by atoms with Gasteiger partial charge in [-0.1, -0.05) is 6.92 Å². The highest BCUT2D eigenvalue weighted by Crippen LogP contribution is 2.21. The third-order valence-corrected chi connectivity index (χ3v) is 5.68. The Balaban J connectivity index is 1.60. The van der Waals surface area contributed by atoms with Gasteiger partial charge in [0, 0.05) is 31.7 Å². The van der Waals surface area contributed by atoms with Gasteiger partial charge in [0.05, 0.1) is 6.26 Å². The zero-order valence-electron chi connectivity index (χ0n) is 14.4. The van der Waals surface area contributed by atoms with Crippen LogP contribution in [0.4, 0.5) is 10.5 Å². The molecule has 9 heteroatoms. The van der Waals surface area contributed by atoms with Crippen molar-refractivity contribution in [2.75, 3.05) is 24.7 Å². The second-order valence-corrected chi connectivity index (χ2v) is 8.49. The second-order valence-electron chi connectivity index (χ2n) is 6.51. The number of carbonyl (C=O) groups is 1. The number of aromatic nitrogens is 1. The van der Waals surface area contributed by atoms with Gasteiger partial charge in [0.15, 0.2) is 11.5 Å². The van der Waals surface area contributed by atoms with E-state index in [0.29, 0.717) is 42.2 Å². The molecule has 1 aliphatic heterocycles. The standard InChI is InChI=1S/C16H22N4O4S/c1-10-9-20(25(3,22)23)7-6-13(10)19-16(21)18-12-4-5-15-14(8-12)17-11(2)24-15/h4-5,8,10,13H,6-7,9H2,1-3H3,(H2,18,19,21). The van der Waals surface area contributed by atoms with Crippen molar-refractivity contribution in [3.8, 4) is 0 Å². The Morgan fingerprint density at radius 2 is 2.16 bits per heavy atom. The van der Waals surface area contributed by atoms with Crippen LogP contribution in [0.2, 0.25) is 0 Å². The van der Waals surface area contributed by atoms with Crippen molar-refractivity contribution in [1.82, 2.24) is 14.6 Å². The molecule has 2 amide bonds. The Morgan fingerprint density at radius 1 is 1.40 bits per heavy atom. The van der Waals surface area contributed by atoms with Crippen molar-refractivity contribution in [2.24, 2.45) is 5.92 Å². The fourth-order valence-corrected chi connectivity index (χ4v) is 4.02. The van der Waals surface area contributed by atoms with E-state index in [0.717, 1.165) is 0 Å². The SMILES string of the molecule is Cc1nc2cc(NC(=O)NC3CCN(S(C)(=O)=O)CC3C)ccc2o1. The zero-order chi connectivity index (χ0) is 18.2. The first-order chi connectivity index (χ1) is 11.7. The Morgan fingerprint density at radius 3 is 2.84 bits per heavy atom. The Hall–Kier alpha value is -2.13. The fourth-order valence-electron chi connectivity index (χ4n) is 3.08. The molecule has 1 aromatic heterocycles. The number of sulfonamides is 1. The maximum atomic E-state index is 12.2. The van der Waals surface area contributed by atoms with Crippen LogP contribution in [0.15, 0.2) is 22.6 Å². The molecule has 1 fully saturated rings. The lowest BCUT2D eigenvalue weighted by molar-refractivity contribution is 0.211. The first-order valence-electron chi connectivity index (χ1n) is 8.12. The summed E-state index contributed by atoms with van der Waals surface area (Å²) in [5.41, 5.74) is 1.98. The number of aryl methyl sites for hydroxylation is 1. The monoisotopic (exact) mass is 366 g/mol. The number of nitrogens with one attached hydrogen (secondary N) is 2. The van der Waals surface area contributed by atoms with Crippen LogP contribution in [-0.4, -0.2) is 49.1 Å². The Kier molecular flexibility index (Phi) is 4.70. The minimum absolute atomic E-state index is 0.0369. The highest BCUT2D eigenvalue weighted by Gasteiger charge is 2.31. The van der Waals surface area contributed by atoms with Crippen LogP contribution in [0.5, 0.6) is 0 Å². The van der Waals surface area contributed by atoms with Gasteiger partial charge in [-0.25, -0.2) is 22.5 Å². The van der Waals surface area contributed by atoms with Crippen molar-refractivity contribution >= 4 is 32.8 Å². The molecule has 0 spiro atoms. The Labute approximate surface area is 146 Å². The molecular formula is C16H22N4O4S. The van der Waals surface area contributed by atoms with E-state index in [2.05, 4.69) is 15.6 Å². The van der Waals surface area contributed by atoms with Crippen LogP contribution in [0.3, 0.4) is 0 Å². The molecule has 2 atom stereocenters. The molecule has 8 nitrogen and oxygen atoms in total. The molecule has 0 bridgehead atoms. The summed E-state index contributed by atoms with van der Waals surface area (Å²) in [6, 6.07) is 4.88. The van der Waals surface area contributed by atoms with E-state index in [-0.39, 0.29) is 18.0 Å². The molecule has 2 heterocycles. The van der Waals surface area contributed by atoms with Crippen molar-refractivity contribution < 1.29 is 17.6 Å². The molecule has 1 aliphatic rings. The average molecular weight is 366 g/mol. The summed E-state index contributed by atoms with van der Waals surface area (Å²) in [5.74, 6) is 0.609. The van der Waals surface area contributed by atoms with Crippen molar-refractivity contribution in [3.05, 3.63) is 24.1 Å². The van der Waals surface area contributed by atoms with Gasteiger partial charge in [-0.2, -0.15) is 0 Å². The van der Waals surface area contributed by atoms with E-state index in [1.54, 1.807) is 25.1 Å². The number of anilines is 1. The van der Waals surface area contributed by atoms with Crippen LogP contribution in [0, 0.1) is 12.8 Å². The second kappa shape index (κ2) is 6.64. The van der Waals surface area contributed by atoms with Gasteiger partial charge in [-0.15, -0.1) is 0 Å². The number of oxazole rings is 1. The summed E-state index contributed by atoms with van der Waals surface area (Å²) in [4.78, 5) is 16.5. The normalized spacial score (nSPS) is 22.0. The number of carbonyl (C=O) groups excluding carboxylic acids is 1. The maximum Gasteiger partial charge on any atom is 0.319 e. The van der Waals surface area contributed by atoms with Gasteiger partial charge in [0.2, 0.25) is 10.0 Å². The van der Waals surface area contributed by atoms with E-state index in [9.17, 15) is 13.2 Å². The highest BCUT2D eigenvalue weighted by atomic mass is 32.2. The molecule has 2 N–H and O–H groups in total. The van der Waals surface area contributed by atoms with Gasteiger partial charge in [-0.3, -0.25) is 0 Å². The average Bonchev–Trinajstić information content (AvgIpc) is 2.87. The predicted octanol–water partition coefficient (Wildman–Crippen LogP) is 1.93. The van der Waals surface area contributed by atoms with Crippen LogP contribution >= 0.6 is 0 Å². The first-order valence-corrected chi connectivity index (χ1v) is 9.97. The predicted molar refractivity (Wildman–Crippen MR) is 94.9 cm³/mol. The molecule has 0 aliphatic carbocycles. The van der Waals surface area contributed by atoms with Gasteiger partial charge < -0.3 is 15.1 Å². The van der Waals surface area contributed by atoms with Crippen molar-refractivity contribution in [2.45, 2.75) is 26.3 Å². The molecule has 2 aromatic rings. The number of benzene rings is 1. The number of hydrogen-bond donors (Lipinski definition) is 2. The number of amides is 2. The highest BCUT2D eigenvalue weighted by molar-refractivity contribution is 7.88. The Bertz CT molecular complexity index is 893. The number of hydrogen-bond acceptors (Lipinski definition) is 5. The molecule has 1 saturated heterocycles. The summed E-state index contributed by atoms with van der Waals surface area (Å²) in [5, 5.41) is 5.72. The van der Waals surface area contributed by atoms with E-state index in [1.165, 1.54) is 10.6 Å². The smallest absolute Gasteiger partial charge is 0.319 e. The zero-order valence-corrected chi connectivity index (χ0v) is 15.3. The van der Waals surface area contributed by atoms with E-state index in [1.807, 2.05) is 6.92 Å². The number of nitrogens with zero attached hydrogens (tertiary/aromatic N) is 2. The largest absolute Gasteiger partial charge is 0.441 e. The van der Waals surface area contributed by atoms with Crippen LogP contribution < -0.4 is 10.6 Å². The fraction of sp³-hybridized carbons (Fsp3) is 0.500. The molecule has 0 saturated carbocycles. The lowest BCUT2D eigenvalue weighted by atomic mass is 9.95. The van der Waals surface area contributed by atoms with Crippen LogP contribution in [0.25, 0.3) is 11.1 Å². The van der Waals surface area contributed by atoms with Crippen LogP contribution in [-0.2, 0) is 10.0 Å². The van der Waals surface area contributed by atoms with E-state index >= 15 is 0 Å². The molecule has 136 valence electrons. The molecule has 0 radical (unpaired) electrons. The molecule has 2 unspecified atom stereocenters. The number of piperidine rings is 1. The van der Waals surface area contributed by atoms with Crippen molar-refractivity contribution in [1.29, 1.82) is 0 Å². The maximum absolute atomic E-state index is 12.2. The van der Waals surface area contributed by atoms with Crippen molar-refractivity contribution in [3.63, 3.8) is 0 Å². The van der Waals surface area contributed by atoms with Crippen LogP contribution in [0.1, 0.15) is 19.2 Å². The molecule has 3 rings (SSSR count). The summed E-state index contributed by atoms with van der Waals surface area (Å²) < 4.78 is 30.1. The molecule has 25 heavy (non-hydrogen) atoms. The quantitative estimate of drug-likeness (QED) is 0.864. The minimum Gasteiger partial charge on any atom is -0.441 e. The van der Waals surface area contributed by atoms with Gasteiger partial charge in [0.25, 0.3) is 0 Å². The van der Waals surface area contributed by atoms with Gasteiger partial charge in [0.1, 0.15) is 5.52 Å². The lowest BCUT2D eigenvalue weighted by Gasteiger charge is -2.35. The number of rotatable bonds is 3. The third kappa shape index (κ3) is 4.10. The topological polar surface area (TPSA) is 105 Å². The molecule has 1 aromatic carbocycles. The van der Waals surface area contributed by atoms with E-state index in [4.69, 9.17) is 4.42 Å². The first kappa shape index (κ1) is 17.7. The van der Waals surface area contributed by atoms with Gasteiger partial charge in [-0.05, 0) is 30.5 Å². The number of urea groups is 1.